The van der Waals surface area contributed by atoms with Crippen molar-refractivity contribution in [2.24, 2.45) is 5.73 Å². The minimum atomic E-state index is -0.412. The molecule has 0 atom stereocenters. The van der Waals surface area contributed by atoms with E-state index in [2.05, 4.69) is 10.6 Å². The molecule has 1 aromatic rings. The fourth-order valence-corrected chi connectivity index (χ4v) is 2.03. The first-order chi connectivity index (χ1) is 9.11. The van der Waals surface area contributed by atoms with Crippen LogP contribution < -0.4 is 16.4 Å². The van der Waals surface area contributed by atoms with Crippen LogP contribution >= 0.6 is 24.2 Å². The quantitative estimate of drug-likeness (QED) is 0.676. The molecule has 5 nitrogen and oxygen atoms in total. The van der Waals surface area contributed by atoms with Gasteiger partial charge in [0.05, 0.1) is 11.5 Å². The van der Waals surface area contributed by atoms with Gasteiger partial charge in [0.25, 0.3) is 0 Å². The molecule has 1 rings (SSSR count). The summed E-state index contributed by atoms with van der Waals surface area (Å²) in [5.41, 5.74) is 6.88. The first-order valence-corrected chi connectivity index (χ1v) is 7.23. The topological polar surface area (TPSA) is 84.2 Å². The number of rotatable bonds is 8. The number of hydrogen-bond donors (Lipinski definition) is 3. The zero-order chi connectivity index (χ0) is 14.1. The van der Waals surface area contributed by atoms with Crippen molar-refractivity contribution in [3.63, 3.8) is 0 Å². The number of hydrogen-bond acceptors (Lipinski definition) is 4. The molecule has 0 saturated heterocycles. The molecule has 0 fully saturated rings. The van der Waals surface area contributed by atoms with Crippen molar-refractivity contribution in [3.05, 3.63) is 29.8 Å². The van der Waals surface area contributed by atoms with Crippen LogP contribution in [0.1, 0.15) is 12.5 Å². The van der Waals surface area contributed by atoms with Gasteiger partial charge in [0.1, 0.15) is 0 Å². The van der Waals surface area contributed by atoms with E-state index in [1.807, 2.05) is 31.2 Å². The molecule has 0 saturated carbocycles. The summed E-state index contributed by atoms with van der Waals surface area (Å²) in [6.07, 6.45) is 0. The van der Waals surface area contributed by atoms with E-state index in [1.165, 1.54) is 11.8 Å². The van der Waals surface area contributed by atoms with Crippen LogP contribution in [0.25, 0.3) is 0 Å². The van der Waals surface area contributed by atoms with Crippen molar-refractivity contribution in [2.45, 2.75) is 13.5 Å². The highest BCUT2D eigenvalue weighted by Gasteiger charge is 2.04. The maximum absolute atomic E-state index is 11.6. The summed E-state index contributed by atoms with van der Waals surface area (Å²) in [6.45, 7) is 3.72. The number of thioether (sulfide) groups is 1. The summed E-state index contributed by atoms with van der Waals surface area (Å²) in [5.74, 6) is -0.161. The second kappa shape index (κ2) is 10.5. The number of amides is 2. The predicted molar refractivity (Wildman–Crippen MR) is 86.2 cm³/mol. The molecule has 0 aliphatic carbocycles. The number of anilines is 1. The Morgan fingerprint density at radius 2 is 2.05 bits per heavy atom. The maximum Gasteiger partial charge on any atom is 0.234 e. The molecule has 0 aliphatic heterocycles. The van der Waals surface area contributed by atoms with Gasteiger partial charge in [0.15, 0.2) is 0 Å². The van der Waals surface area contributed by atoms with Gasteiger partial charge in [-0.1, -0.05) is 19.1 Å². The van der Waals surface area contributed by atoms with E-state index in [4.69, 9.17) is 5.73 Å². The minimum absolute atomic E-state index is 0. The van der Waals surface area contributed by atoms with Crippen molar-refractivity contribution >= 4 is 41.7 Å². The number of carbonyl (C=O) groups excluding carboxylic acids is 2. The minimum Gasteiger partial charge on any atom is -0.369 e. The van der Waals surface area contributed by atoms with Gasteiger partial charge in [0.2, 0.25) is 11.8 Å². The van der Waals surface area contributed by atoms with Crippen LogP contribution in [0.4, 0.5) is 5.69 Å². The van der Waals surface area contributed by atoms with Gasteiger partial charge >= 0.3 is 0 Å². The molecule has 1 aromatic carbocycles. The van der Waals surface area contributed by atoms with Crippen molar-refractivity contribution in [3.8, 4) is 0 Å². The third-order valence-corrected chi connectivity index (χ3v) is 3.22. The molecular weight excluding hydrogens is 298 g/mol. The summed E-state index contributed by atoms with van der Waals surface area (Å²) < 4.78 is 0. The summed E-state index contributed by atoms with van der Waals surface area (Å²) in [7, 11) is 0. The monoisotopic (exact) mass is 317 g/mol. The Labute approximate surface area is 129 Å². The van der Waals surface area contributed by atoms with Crippen LogP contribution in [-0.4, -0.2) is 29.9 Å². The Balaban J connectivity index is 0.00000361. The van der Waals surface area contributed by atoms with E-state index >= 15 is 0 Å². The zero-order valence-electron chi connectivity index (χ0n) is 11.3. The summed E-state index contributed by atoms with van der Waals surface area (Å²) in [5, 5.41) is 6.02. The predicted octanol–water partition coefficient (Wildman–Crippen LogP) is 1.37. The second-order valence-electron chi connectivity index (χ2n) is 3.99. The Morgan fingerprint density at radius 3 is 2.70 bits per heavy atom. The van der Waals surface area contributed by atoms with E-state index in [-0.39, 0.29) is 29.8 Å². The van der Waals surface area contributed by atoms with Crippen LogP contribution in [0.2, 0.25) is 0 Å². The molecule has 20 heavy (non-hydrogen) atoms. The van der Waals surface area contributed by atoms with Gasteiger partial charge in [-0.05, 0) is 24.2 Å². The highest BCUT2D eigenvalue weighted by atomic mass is 35.5. The second-order valence-corrected chi connectivity index (χ2v) is 4.97. The van der Waals surface area contributed by atoms with Crippen molar-refractivity contribution in [2.75, 3.05) is 23.4 Å². The molecule has 7 heteroatoms. The first kappa shape index (κ1) is 18.8. The molecule has 0 radical (unpaired) electrons. The molecule has 112 valence electrons. The van der Waals surface area contributed by atoms with E-state index in [9.17, 15) is 9.59 Å². The Kier molecular flexibility index (Phi) is 9.88. The number of halogens is 1. The first-order valence-electron chi connectivity index (χ1n) is 6.07. The average molecular weight is 318 g/mol. The van der Waals surface area contributed by atoms with Crippen LogP contribution in [0.3, 0.4) is 0 Å². The van der Waals surface area contributed by atoms with E-state index in [1.54, 1.807) is 0 Å². The van der Waals surface area contributed by atoms with Crippen molar-refractivity contribution in [1.82, 2.24) is 5.32 Å². The average Bonchev–Trinajstić information content (AvgIpc) is 2.36. The molecule has 0 aromatic heterocycles. The van der Waals surface area contributed by atoms with Crippen LogP contribution in [-0.2, 0) is 16.1 Å². The lowest BCUT2D eigenvalue weighted by atomic mass is 10.2. The van der Waals surface area contributed by atoms with Crippen LogP contribution in [0.15, 0.2) is 24.3 Å². The molecule has 0 spiro atoms. The smallest absolute Gasteiger partial charge is 0.234 e. The fourth-order valence-electron chi connectivity index (χ4n) is 1.47. The summed E-state index contributed by atoms with van der Waals surface area (Å²) in [6, 6.07) is 7.67. The van der Waals surface area contributed by atoms with Gasteiger partial charge in [-0.25, -0.2) is 0 Å². The number of nitrogens with one attached hydrogen (secondary N) is 2. The van der Waals surface area contributed by atoms with Crippen LogP contribution in [0, 0.1) is 0 Å². The molecule has 0 unspecified atom stereocenters. The molecule has 0 bridgehead atoms. The van der Waals surface area contributed by atoms with Gasteiger partial charge in [-0.2, -0.15) is 0 Å². The number of benzene rings is 1. The molecule has 4 N–H and O–H groups in total. The van der Waals surface area contributed by atoms with E-state index in [0.717, 1.165) is 24.3 Å². The lowest BCUT2D eigenvalue weighted by Crippen LogP contribution is -2.18. The van der Waals surface area contributed by atoms with E-state index < -0.39 is 5.91 Å². The molecule has 2 amide bonds. The normalized spacial score (nSPS) is 9.65. The molecule has 0 heterocycles. The van der Waals surface area contributed by atoms with Gasteiger partial charge in [0, 0.05) is 12.2 Å². The number of primary amides is 1. The van der Waals surface area contributed by atoms with Gasteiger partial charge in [-0.3, -0.25) is 9.59 Å². The third kappa shape index (κ3) is 8.04. The zero-order valence-corrected chi connectivity index (χ0v) is 13.0. The molecule has 0 aliphatic rings. The standard InChI is InChI=1S/C13H19N3O2S.ClH/c1-2-15-7-10-4-3-5-11(6-10)16-13(18)9-19-8-12(14)17;/h3-6,15H,2,7-9H2,1H3,(H2,14,17)(H,16,18);1H. The lowest BCUT2D eigenvalue weighted by molar-refractivity contribution is -0.115. The van der Waals surface area contributed by atoms with Crippen molar-refractivity contribution in [1.29, 1.82) is 0 Å². The van der Waals surface area contributed by atoms with Gasteiger partial charge < -0.3 is 16.4 Å². The number of carbonyl (C=O) groups is 2. The largest absolute Gasteiger partial charge is 0.369 e. The highest BCUT2D eigenvalue weighted by Crippen LogP contribution is 2.11. The Morgan fingerprint density at radius 1 is 1.30 bits per heavy atom. The number of nitrogens with two attached hydrogens (primary N) is 1. The third-order valence-electron chi connectivity index (χ3n) is 2.27. The molecular formula is C13H20ClN3O2S. The Hall–Kier alpha value is -1.24. The summed E-state index contributed by atoms with van der Waals surface area (Å²) >= 11 is 1.21. The lowest BCUT2D eigenvalue weighted by Gasteiger charge is -2.07. The Bertz CT molecular complexity index is 443. The maximum atomic E-state index is 11.6. The van der Waals surface area contributed by atoms with E-state index in [0.29, 0.717) is 0 Å². The highest BCUT2D eigenvalue weighted by molar-refractivity contribution is 8.00. The fraction of sp³-hybridized carbons (Fsp3) is 0.385. The van der Waals surface area contributed by atoms with Gasteiger partial charge in [-0.15, -0.1) is 24.2 Å². The van der Waals surface area contributed by atoms with Crippen LogP contribution in [0.5, 0.6) is 0 Å². The summed E-state index contributed by atoms with van der Waals surface area (Å²) in [4.78, 5) is 22.2. The van der Waals surface area contributed by atoms with Crippen molar-refractivity contribution < 1.29 is 9.59 Å². The SMILES string of the molecule is CCNCc1cccc(NC(=O)CSCC(N)=O)c1.Cl.